The number of benzene rings is 1. The first-order valence-corrected chi connectivity index (χ1v) is 7.71. The predicted octanol–water partition coefficient (Wildman–Crippen LogP) is 1.93. The van der Waals surface area contributed by atoms with E-state index in [0.29, 0.717) is 36.1 Å². The summed E-state index contributed by atoms with van der Waals surface area (Å²) in [4.78, 5) is 22.8. The van der Waals surface area contributed by atoms with Gasteiger partial charge in [-0.15, -0.1) is 0 Å². The number of methoxy groups -OCH3 is 1. The van der Waals surface area contributed by atoms with Crippen molar-refractivity contribution < 1.29 is 34.4 Å². The zero-order chi connectivity index (χ0) is 18.1. The molecule has 7 heteroatoms. The molecule has 0 spiro atoms. The maximum atomic E-state index is 11.5. The molecule has 3 N–H and O–H groups in total. The zero-order valence-electron chi connectivity index (χ0n) is 14.0. The molecular formula is C17H22O7. The quantitative estimate of drug-likeness (QED) is 0.679. The van der Waals surface area contributed by atoms with Crippen LogP contribution in [0.5, 0.6) is 11.5 Å². The van der Waals surface area contributed by atoms with Crippen LogP contribution in [0.25, 0.3) is 0 Å². The highest BCUT2D eigenvalue weighted by Gasteiger charge is 2.36. The second-order valence-electron chi connectivity index (χ2n) is 6.23. The standard InChI is InChI=1S/C17H22O7/c1-9-11(8-18)13(16(21)22)14(20)10(15(9)23-3)4-6-17(2)7-5-12(19)24-17/h18,20H,4-8H2,1-3H3,(H,21,22). The van der Waals surface area contributed by atoms with E-state index in [1.165, 1.54) is 7.11 Å². The number of hydrogen-bond donors (Lipinski definition) is 3. The van der Waals surface area contributed by atoms with E-state index in [9.17, 15) is 24.9 Å². The highest BCUT2D eigenvalue weighted by Crippen LogP contribution is 2.41. The predicted molar refractivity (Wildman–Crippen MR) is 84.3 cm³/mol. The van der Waals surface area contributed by atoms with E-state index in [0.717, 1.165) is 0 Å². The highest BCUT2D eigenvalue weighted by atomic mass is 16.6. The molecule has 7 nitrogen and oxygen atoms in total. The Morgan fingerprint density at radius 1 is 1.38 bits per heavy atom. The monoisotopic (exact) mass is 338 g/mol. The van der Waals surface area contributed by atoms with Crippen molar-refractivity contribution in [2.24, 2.45) is 0 Å². The maximum absolute atomic E-state index is 11.5. The third-order valence-electron chi connectivity index (χ3n) is 4.59. The average molecular weight is 338 g/mol. The lowest BCUT2D eigenvalue weighted by atomic mass is 9.89. The van der Waals surface area contributed by atoms with E-state index in [2.05, 4.69) is 0 Å². The highest BCUT2D eigenvalue weighted by molar-refractivity contribution is 5.94. The van der Waals surface area contributed by atoms with Gasteiger partial charge in [0.1, 0.15) is 22.7 Å². The summed E-state index contributed by atoms with van der Waals surface area (Å²) in [5.74, 6) is -1.65. The molecule has 1 aliphatic heterocycles. The first kappa shape index (κ1) is 18.1. The number of aromatic carboxylic acids is 1. The van der Waals surface area contributed by atoms with Crippen LogP contribution in [0.1, 0.15) is 53.2 Å². The lowest BCUT2D eigenvalue weighted by Crippen LogP contribution is -2.24. The Labute approximate surface area is 139 Å². The topological polar surface area (TPSA) is 113 Å². The Balaban J connectivity index is 2.45. The van der Waals surface area contributed by atoms with Crippen molar-refractivity contribution in [3.05, 3.63) is 22.3 Å². The number of aromatic hydroxyl groups is 1. The van der Waals surface area contributed by atoms with Crippen LogP contribution < -0.4 is 4.74 Å². The van der Waals surface area contributed by atoms with Gasteiger partial charge < -0.3 is 24.8 Å². The van der Waals surface area contributed by atoms with Gasteiger partial charge in [-0.05, 0) is 38.7 Å². The number of aliphatic hydroxyl groups excluding tert-OH is 1. The van der Waals surface area contributed by atoms with Gasteiger partial charge in [0.2, 0.25) is 0 Å². The third kappa shape index (κ3) is 3.17. The largest absolute Gasteiger partial charge is 0.507 e. The van der Waals surface area contributed by atoms with E-state index in [-0.39, 0.29) is 23.5 Å². The summed E-state index contributed by atoms with van der Waals surface area (Å²) < 4.78 is 10.7. The number of hydrogen-bond acceptors (Lipinski definition) is 6. The van der Waals surface area contributed by atoms with Crippen LogP contribution in [0.15, 0.2) is 0 Å². The molecule has 0 radical (unpaired) electrons. The van der Waals surface area contributed by atoms with Crippen LogP contribution in [0, 0.1) is 6.92 Å². The summed E-state index contributed by atoms with van der Waals surface area (Å²) in [6, 6.07) is 0. The summed E-state index contributed by atoms with van der Waals surface area (Å²) >= 11 is 0. The number of esters is 1. The third-order valence-corrected chi connectivity index (χ3v) is 4.59. The van der Waals surface area contributed by atoms with E-state index < -0.39 is 23.9 Å². The molecule has 0 amide bonds. The lowest BCUT2D eigenvalue weighted by Gasteiger charge is -2.24. The van der Waals surface area contributed by atoms with Gasteiger partial charge >= 0.3 is 11.9 Å². The molecule has 1 atom stereocenters. The summed E-state index contributed by atoms with van der Waals surface area (Å²) in [5, 5.41) is 29.3. The fourth-order valence-corrected chi connectivity index (χ4v) is 3.20. The average Bonchev–Trinajstić information content (AvgIpc) is 2.86. The molecule has 2 rings (SSSR count). The molecule has 1 aliphatic rings. The van der Waals surface area contributed by atoms with Crippen molar-refractivity contribution in [2.45, 2.75) is 51.7 Å². The molecule has 1 fully saturated rings. The lowest BCUT2D eigenvalue weighted by molar-refractivity contribution is -0.147. The maximum Gasteiger partial charge on any atom is 0.339 e. The second-order valence-corrected chi connectivity index (χ2v) is 6.23. The van der Waals surface area contributed by atoms with E-state index >= 15 is 0 Å². The minimum Gasteiger partial charge on any atom is -0.507 e. The van der Waals surface area contributed by atoms with E-state index in [1.54, 1.807) is 6.92 Å². The van der Waals surface area contributed by atoms with Crippen LogP contribution in [0.2, 0.25) is 0 Å². The fourth-order valence-electron chi connectivity index (χ4n) is 3.20. The number of carbonyl (C=O) groups is 2. The van der Waals surface area contributed by atoms with Crippen molar-refractivity contribution in [1.29, 1.82) is 0 Å². The molecule has 1 unspecified atom stereocenters. The van der Waals surface area contributed by atoms with Crippen LogP contribution in [-0.4, -0.2) is 40.0 Å². The van der Waals surface area contributed by atoms with E-state index in [1.807, 2.05) is 6.92 Å². The molecule has 0 bridgehead atoms. The molecule has 1 aromatic carbocycles. The smallest absolute Gasteiger partial charge is 0.339 e. The van der Waals surface area contributed by atoms with Crippen molar-refractivity contribution in [3.8, 4) is 11.5 Å². The van der Waals surface area contributed by atoms with Crippen molar-refractivity contribution >= 4 is 11.9 Å². The normalized spacial score (nSPS) is 20.1. The minimum atomic E-state index is -1.32. The SMILES string of the molecule is COc1c(C)c(CO)c(C(=O)O)c(O)c1CCC1(C)CCC(=O)O1. The Kier molecular flexibility index (Phi) is 5.03. The van der Waals surface area contributed by atoms with Gasteiger partial charge in [0, 0.05) is 17.5 Å². The Bertz CT molecular complexity index is 680. The van der Waals surface area contributed by atoms with Gasteiger partial charge in [0.15, 0.2) is 0 Å². The number of rotatable bonds is 6. The summed E-state index contributed by atoms with van der Waals surface area (Å²) in [6.07, 6.45) is 1.64. The van der Waals surface area contributed by atoms with Gasteiger partial charge in [-0.2, -0.15) is 0 Å². The number of ether oxygens (including phenoxy) is 2. The first-order valence-electron chi connectivity index (χ1n) is 7.71. The molecule has 1 saturated heterocycles. The van der Waals surface area contributed by atoms with Crippen molar-refractivity contribution in [1.82, 2.24) is 0 Å². The van der Waals surface area contributed by atoms with Crippen LogP contribution >= 0.6 is 0 Å². The second kappa shape index (κ2) is 6.68. The Morgan fingerprint density at radius 3 is 2.50 bits per heavy atom. The fraction of sp³-hybridized carbons (Fsp3) is 0.529. The van der Waals surface area contributed by atoms with Crippen LogP contribution in [0.4, 0.5) is 0 Å². The number of cyclic esters (lactones) is 1. The minimum absolute atomic E-state index is 0.124. The van der Waals surface area contributed by atoms with Crippen molar-refractivity contribution in [3.63, 3.8) is 0 Å². The molecule has 0 aliphatic carbocycles. The molecule has 1 heterocycles. The molecule has 0 saturated carbocycles. The summed E-state index contributed by atoms with van der Waals surface area (Å²) in [7, 11) is 1.42. The molecular weight excluding hydrogens is 316 g/mol. The van der Waals surface area contributed by atoms with Gasteiger partial charge in [0.05, 0.1) is 13.7 Å². The first-order chi connectivity index (χ1) is 11.2. The van der Waals surface area contributed by atoms with Gasteiger partial charge in [-0.25, -0.2) is 4.79 Å². The van der Waals surface area contributed by atoms with Gasteiger partial charge in [-0.1, -0.05) is 0 Å². The molecule has 132 valence electrons. The van der Waals surface area contributed by atoms with Crippen LogP contribution in [-0.2, 0) is 22.6 Å². The molecule has 24 heavy (non-hydrogen) atoms. The number of carboxylic acid groups (broad SMARTS) is 1. The number of carboxylic acids is 1. The number of phenols is 1. The van der Waals surface area contributed by atoms with Crippen molar-refractivity contribution in [2.75, 3.05) is 7.11 Å². The summed E-state index contributed by atoms with van der Waals surface area (Å²) in [5.41, 5.74) is -0.0207. The Hall–Kier alpha value is -2.28. The zero-order valence-corrected chi connectivity index (χ0v) is 14.0. The van der Waals surface area contributed by atoms with E-state index in [4.69, 9.17) is 9.47 Å². The molecule has 1 aromatic rings. The van der Waals surface area contributed by atoms with Gasteiger partial charge in [0.25, 0.3) is 0 Å². The number of carbonyl (C=O) groups excluding carboxylic acids is 1. The van der Waals surface area contributed by atoms with Gasteiger partial charge in [-0.3, -0.25) is 4.79 Å². The van der Waals surface area contributed by atoms with Crippen LogP contribution in [0.3, 0.4) is 0 Å². The molecule has 0 aromatic heterocycles. The summed E-state index contributed by atoms with van der Waals surface area (Å²) in [6.45, 7) is 2.93. The number of aliphatic hydroxyl groups is 1. The Morgan fingerprint density at radius 2 is 2.04 bits per heavy atom.